The van der Waals surface area contributed by atoms with E-state index >= 15 is 0 Å². The molecule has 0 radical (unpaired) electrons. The highest BCUT2D eigenvalue weighted by molar-refractivity contribution is 6.30. The molecule has 0 bridgehead atoms. The first-order valence-corrected chi connectivity index (χ1v) is 9.94. The molecule has 2 heterocycles. The van der Waals surface area contributed by atoms with E-state index in [0.717, 1.165) is 30.5 Å². The Balaban J connectivity index is 1.31. The van der Waals surface area contributed by atoms with Gasteiger partial charge in [0.1, 0.15) is 0 Å². The summed E-state index contributed by atoms with van der Waals surface area (Å²) in [7, 11) is 2.01. The number of nitrogens with zero attached hydrogens (tertiary/aromatic N) is 4. The predicted octanol–water partition coefficient (Wildman–Crippen LogP) is 4.37. The Kier molecular flexibility index (Phi) is 5.33. The van der Waals surface area contributed by atoms with Crippen LogP contribution in [0.15, 0.2) is 36.7 Å². The molecule has 5 nitrogen and oxygen atoms in total. The molecule has 9 heteroatoms. The number of carbonyl (C=O) groups excluding carboxylic acids is 1. The van der Waals surface area contributed by atoms with Crippen molar-refractivity contribution >= 4 is 17.6 Å². The summed E-state index contributed by atoms with van der Waals surface area (Å²) >= 11 is 5.84. The zero-order valence-corrected chi connectivity index (χ0v) is 16.7. The van der Waals surface area contributed by atoms with Crippen molar-refractivity contribution in [3.05, 3.63) is 52.8 Å². The third-order valence-electron chi connectivity index (χ3n) is 6.08. The number of aromatic nitrogens is 2. The minimum Gasteiger partial charge on any atom is -0.322 e. The molecular formula is C20H22ClF3N4O. The second-order valence-corrected chi connectivity index (χ2v) is 8.48. The normalized spacial score (nSPS) is 24.3. The molecule has 1 unspecified atom stereocenters. The summed E-state index contributed by atoms with van der Waals surface area (Å²) in [5, 5.41) is 4.41. The molecule has 2 aromatic rings. The summed E-state index contributed by atoms with van der Waals surface area (Å²) in [4.78, 5) is 16.6. The lowest BCUT2D eigenvalue weighted by Gasteiger charge is -2.26. The van der Waals surface area contributed by atoms with Gasteiger partial charge in [0.05, 0.1) is 23.0 Å². The van der Waals surface area contributed by atoms with E-state index in [1.165, 1.54) is 17.1 Å². The van der Waals surface area contributed by atoms with Crippen molar-refractivity contribution in [3.8, 4) is 0 Å². The van der Waals surface area contributed by atoms with E-state index in [4.69, 9.17) is 11.6 Å². The van der Waals surface area contributed by atoms with Crippen molar-refractivity contribution in [1.82, 2.24) is 19.6 Å². The smallest absolute Gasteiger partial charge is 0.322 e. The van der Waals surface area contributed by atoms with Gasteiger partial charge >= 0.3 is 12.2 Å². The quantitative estimate of drug-likeness (QED) is 0.732. The number of halogens is 4. The Bertz CT molecular complexity index is 869. The number of benzene rings is 1. The molecule has 1 aliphatic heterocycles. The van der Waals surface area contributed by atoms with Crippen LogP contribution >= 0.6 is 11.6 Å². The summed E-state index contributed by atoms with van der Waals surface area (Å²) in [6.07, 6.45) is 0.607. The molecule has 1 aromatic carbocycles. The topological polar surface area (TPSA) is 41.4 Å². The molecule has 29 heavy (non-hydrogen) atoms. The molecule has 1 saturated carbocycles. The SMILES string of the molecule is CN(Cc1ccc(C(F)(F)F)cc1)C1C[C@@H]2CN(C(=O)n3cc(Cl)cn3)C[C@@H]2C1. The summed E-state index contributed by atoms with van der Waals surface area (Å²) in [6.45, 7) is 2.01. The van der Waals surface area contributed by atoms with Crippen LogP contribution in [0.3, 0.4) is 0 Å². The number of hydrogen-bond acceptors (Lipinski definition) is 3. The van der Waals surface area contributed by atoms with Crippen molar-refractivity contribution in [3.63, 3.8) is 0 Å². The molecule has 1 aromatic heterocycles. The van der Waals surface area contributed by atoms with Crippen LogP contribution < -0.4 is 0 Å². The first-order chi connectivity index (χ1) is 13.7. The van der Waals surface area contributed by atoms with Crippen molar-refractivity contribution in [2.75, 3.05) is 20.1 Å². The largest absolute Gasteiger partial charge is 0.416 e. The van der Waals surface area contributed by atoms with Gasteiger partial charge < -0.3 is 4.90 Å². The first-order valence-electron chi connectivity index (χ1n) is 9.56. The highest BCUT2D eigenvalue weighted by atomic mass is 35.5. The van der Waals surface area contributed by atoms with E-state index in [1.54, 1.807) is 12.1 Å². The van der Waals surface area contributed by atoms with Crippen LogP contribution in [0, 0.1) is 11.8 Å². The maximum Gasteiger partial charge on any atom is 0.416 e. The van der Waals surface area contributed by atoms with E-state index in [1.807, 2.05) is 11.9 Å². The van der Waals surface area contributed by atoms with Crippen LogP contribution in [0.5, 0.6) is 0 Å². The molecule has 156 valence electrons. The fourth-order valence-electron chi connectivity index (χ4n) is 4.55. The van der Waals surface area contributed by atoms with Gasteiger partial charge in [-0.2, -0.15) is 23.0 Å². The number of fused-ring (bicyclic) bond motifs is 1. The molecule has 4 rings (SSSR count). The molecule has 0 N–H and O–H groups in total. The van der Waals surface area contributed by atoms with Crippen LogP contribution in [-0.2, 0) is 12.7 Å². The van der Waals surface area contributed by atoms with Gasteiger partial charge in [-0.3, -0.25) is 4.90 Å². The van der Waals surface area contributed by atoms with Crippen LogP contribution in [0.2, 0.25) is 5.02 Å². The second kappa shape index (κ2) is 7.65. The van der Waals surface area contributed by atoms with E-state index in [2.05, 4.69) is 10.00 Å². The van der Waals surface area contributed by atoms with Crippen molar-refractivity contribution in [2.24, 2.45) is 11.8 Å². The highest BCUT2D eigenvalue weighted by Crippen LogP contribution is 2.40. The standard InChI is InChI=1S/C20H22ClF3N4O/c1-26(9-13-2-4-16(5-3-13)20(22,23)24)18-6-14-10-27(11-15(14)7-18)19(29)28-12-17(21)8-25-28/h2-5,8,12,14-15,18H,6-7,9-11H2,1H3/t14-,15+,18?. The van der Waals surface area contributed by atoms with Gasteiger partial charge in [0.25, 0.3) is 0 Å². The highest BCUT2D eigenvalue weighted by Gasteiger charge is 2.43. The van der Waals surface area contributed by atoms with Crippen molar-refractivity contribution in [1.29, 1.82) is 0 Å². The Morgan fingerprint density at radius 2 is 1.83 bits per heavy atom. The maximum atomic E-state index is 12.7. The van der Waals surface area contributed by atoms with E-state index < -0.39 is 11.7 Å². The Labute approximate surface area is 172 Å². The van der Waals surface area contributed by atoms with Gasteiger partial charge in [-0.1, -0.05) is 23.7 Å². The lowest BCUT2D eigenvalue weighted by atomic mass is 10.0. The fourth-order valence-corrected chi connectivity index (χ4v) is 4.69. The monoisotopic (exact) mass is 426 g/mol. The number of amides is 1. The van der Waals surface area contributed by atoms with Crippen molar-refractivity contribution < 1.29 is 18.0 Å². The van der Waals surface area contributed by atoms with Crippen LogP contribution in [0.4, 0.5) is 18.0 Å². The third-order valence-corrected chi connectivity index (χ3v) is 6.28. The Morgan fingerprint density at radius 3 is 2.34 bits per heavy atom. The van der Waals surface area contributed by atoms with Gasteiger partial charge in [0.2, 0.25) is 0 Å². The lowest BCUT2D eigenvalue weighted by Crippen LogP contribution is -2.36. The molecule has 0 spiro atoms. The lowest BCUT2D eigenvalue weighted by molar-refractivity contribution is -0.137. The zero-order valence-electron chi connectivity index (χ0n) is 15.9. The Morgan fingerprint density at radius 1 is 1.21 bits per heavy atom. The molecule has 1 aliphatic carbocycles. The summed E-state index contributed by atoms with van der Waals surface area (Å²) in [5.74, 6) is 0.870. The minimum atomic E-state index is -4.31. The van der Waals surface area contributed by atoms with Gasteiger partial charge in [-0.25, -0.2) is 4.79 Å². The van der Waals surface area contributed by atoms with E-state index in [0.29, 0.717) is 42.5 Å². The fraction of sp³-hybridized carbons (Fsp3) is 0.500. The predicted molar refractivity (Wildman–Crippen MR) is 103 cm³/mol. The van der Waals surface area contributed by atoms with E-state index in [-0.39, 0.29) is 6.03 Å². The maximum absolute atomic E-state index is 12.7. The number of carbonyl (C=O) groups is 1. The van der Waals surface area contributed by atoms with Gasteiger partial charge in [0, 0.05) is 25.7 Å². The number of likely N-dealkylation sites (tertiary alicyclic amines) is 1. The van der Waals surface area contributed by atoms with E-state index in [9.17, 15) is 18.0 Å². The van der Waals surface area contributed by atoms with Gasteiger partial charge in [0.15, 0.2) is 0 Å². The van der Waals surface area contributed by atoms with Crippen LogP contribution in [0.25, 0.3) is 0 Å². The average molecular weight is 427 g/mol. The molecule has 2 fully saturated rings. The molecular weight excluding hydrogens is 405 g/mol. The number of hydrogen-bond donors (Lipinski definition) is 0. The average Bonchev–Trinajstić information content (AvgIpc) is 3.35. The summed E-state index contributed by atoms with van der Waals surface area (Å²) in [6, 6.07) is 5.58. The first kappa shape index (κ1) is 20.2. The van der Waals surface area contributed by atoms with Crippen LogP contribution in [-0.4, -0.2) is 51.8 Å². The van der Waals surface area contributed by atoms with Crippen molar-refractivity contribution in [2.45, 2.75) is 31.6 Å². The Hall–Kier alpha value is -2.06. The van der Waals surface area contributed by atoms with Gasteiger partial charge in [-0.15, -0.1) is 0 Å². The molecule has 1 amide bonds. The summed E-state index contributed by atoms with van der Waals surface area (Å²) in [5.41, 5.74) is 0.243. The van der Waals surface area contributed by atoms with Gasteiger partial charge in [-0.05, 0) is 49.4 Å². The summed E-state index contributed by atoms with van der Waals surface area (Å²) < 4.78 is 39.4. The minimum absolute atomic E-state index is 0.152. The third kappa shape index (κ3) is 4.28. The molecule has 1 saturated heterocycles. The molecule has 2 aliphatic rings. The number of alkyl halides is 3. The van der Waals surface area contributed by atoms with Crippen LogP contribution in [0.1, 0.15) is 24.0 Å². The second-order valence-electron chi connectivity index (χ2n) is 8.05. The zero-order chi connectivity index (χ0) is 20.8. The molecule has 3 atom stereocenters. The number of rotatable bonds is 3.